The lowest BCUT2D eigenvalue weighted by Gasteiger charge is -2.55. The lowest BCUT2D eigenvalue weighted by atomic mass is 9.55. The first-order chi connectivity index (χ1) is 15.5. The molecule has 0 aromatic carbocycles. The van der Waals surface area contributed by atoms with Crippen LogP contribution in [0.5, 0.6) is 0 Å². The Morgan fingerprint density at radius 2 is 2.03 bits per heavy atom. The summed E-state index contributed by atoms with van der Waals surface area (Å²) < 4.78 is 24.6. The van der Waals surface area contributed by atoms with Gasteiger partial charge in [0.1, 0.15) is 17.8 Å². The van der Waals surface area contributed by atoms with E-state index in [0.717, 1.165) is 12.0 Å². The molecular weight excluding hydrogens is 424 g/mol. The van der Waals surface area contributed by atoms with Crippen molar-refractivity contribution in [3.8, 4) is 0 Å². The number of carbonyl (C=O) groups is 2. The van der Waals surface area contributed by atoms with Gasteiger partial charge in [-0.15, -0.1) is 0 Å². The molecule has 7 nitrogen and oxygen atoms in total. The molecule has 0 amide bonds. The molecule has 10 unspecified atom stereocenters. The highest BCUT2D eigenvalue weighted by Gasteiger charge is 2.66. The average Bonchev–Trinajstić information content (AvgIpc) is 3.12. The number of aliphatic hydroxyl groups is 1. The zero-order chi connectivity index (χ0) is 24.1. The Kier molecular flexibility index (Phi) is 6.71. The lowest BCUT2D eigenvalue weighted by molar-refractivity contribution is -0.224. The third-order valence-electron chi connectivity index (χ3n) is 8.62. The molecule has 7 heteroatoms. The van der Waals surface area contributed by atoms with E-state index >= 15 is 0 Å². The van der Waals surface area contributed by atoms with Gasteiger partial charge >= 0.3 is 11.9 Å². The maximum atomic E-state index is 12.7. The van der Waals surface area contributed by atoms with Crippen molar-refractivity contribution in [2.45, 2.75) is 109 Å². The van der Waals surface area contributed by atoms with Crippen molar-refractivity contribution in [2.75, 3.05) is 6.61 Å². The van der Waals surface area contributed by atoms with E-state index in [1.807, 2.05) is 20.8 Å². The van der Waals surface area contributed by atoms with E-state index < -0.39 is 17.3 Å². The second-order valence-corrected chi connectivity index (χ2v) is 11.2. The Labute approximate surface area is 197 Å². The van der Waals surface area contributed by atoms with E-state index in [1.54, 1.807) is 0 Å². The second-order valence-electron chi connectivity index (χ2n) is 11.2. The number of rotatable bonds is 4. The first-order valence-electron chi connectivity index (χ1n) is 12.5. The Bertz CT molecular complexity index is 792. The van der Waals surface area contributed by atoms with E-state index in [2.05, 4.69) is 13.5 Å². The maximum Gasteiger partial charge on any atom is 0.306 e. The summed E-state index contributed by atoms with van der Waals surface area (Å²) in [5.74, 6) is -0.124. The molecule has 10 atom stereocenters. The topological polar surface area (TPSA) is 91.3 Å². The summed E-state index contributed by atoms with van der Waals surface area (Å²) in [4.78, 5) is 24.5. The minimum absolute atomic E-state index is 0.0395. The van der Waals surface area contributed by atoms with Crippen LogP contribution in [-0.2, 0) is 28.5 Å². The predicted octanol–water partition coefficient (Wildman–Crippen LogP) is 3.57. The minimum atomic E-state index is -1.08. The standard InChI is InChI=1S/C26H40O7/c1-7-8-21(28)33-25(5)10-9-18(31-16(4)27)14(2)11-19-23-22(24(25)32-19)17-12-20(26(23,6)29)30-13-15(17)3/h15,17-20,22-24,29H,2,7-13H2,1,3-6H3. The van der Waals surface area contributed by atoms with Gasteiger partial charge < -0.3 is 24.1 Å². The van der Waals surface area contributed by atoms with Gasteiger partial charge in [0, 0.05) is 31.8 Å². The quantitative estimate of drug-likeness (QED) is 0.502. The molecular formula is C26H40O7. The number of esters is 2. The van der Waals surface area contributed by atoms with Gasteiger partial charge in [-0.2, -0.15) is 0 Å². The van der Waals surface area contributed by atoms with E-state index in [-0.39, 0.29) is 42.1 Å². The van der Waals surface area contributed by atoms with Gasteiger partial charge in [0.15, 0.2) is 0 Å². The summed E-state index contributed by atoms with van der Waals surface area (Å²) >= 11 is 0. The summed E-state index contributed by atoms with van der Waals surface area (Å²) in [5.41, 5.74) is -1.20. The van der Waals surface area contributed by atoms with Gasteiger partial charge in [0.25, 0.3) is 0 Å². The third-order valence-corrected chi connectivity index (χ3v) is 8.62. The fourth-order valence-corrected chi connectivity index (χ4v) is 7.00. The first kappa shape index (κ1) is 24.7. The predicted molar refractivity (Wildman–Crippen MR) is 121 cm³/mol. The third kappa shape index (κ3) is 4.37. The van der Waals surface area contributed by atoms with Crippen LogP contribution < -0.4 is 0 Å². The van der Waals surface area contributed by atoms with Crippen molar-refractivity contribution in [3.05, 3.63) is 12.2 Å². The molecule has 4 bridgehead atoms. The van der Waals surface area contributed by atoms with Crippen molar-refractivity contribution in [1.29, 1.82) is 0 Å². The Balaban J connectivity index is 1.76. The fraction of sp³-hybridized carbons (Fsp3) is 0.846. The molecule has 3 saturated heterocycles. The van der Waals surface area contributed by atoms with E-state index in [1.165, 1.54) is 6.92 Å². The number of hydrogen-bond acceptors (Lipinski definition) is 7. The molecule has 3 heterocycles. The van der Waals surface area contributed by atoms with E-state index in [4.69, 9.17) is 18.9 Å². The van der Waals surface area contributed by atoms with Crippen molar-refractivity contribution >= 4 is 11.9 Å². The summed E-state index contributed by atoms with van der Waals surface area (Å²) in [5, 5.41) is 11.7. The van der Waals surface area contributed by atoms with Crippen molar-refractivity contribution in [1.82, 2.24) is 0 Å². The fourth-order valence-electron chi connectivity index (χ4n) is 7.00. The number of hydrogen-bond donors (Lipinski definition) is 1. The molecule has 1 N–H and O–H groups in total. The summed E-state index contributed by atoms with van der Waals surface area (Å²) in [6, 6.07) is 0. The van der Waals surface area contributed by atoms with Crippen LogP contribution in [0.1, 0.15) is 73.1 Å². The van der Waals surface area contributed by atoms with Crippen molar-refractivity contribution in [3.63, 3.8) is 0 Å². The van der Waals surface area contributed by atoms with Crippen LogP contribution in [0.25, 0.3) is 0 Å². The molecule has 0 aromatic heterocycles. The molecule has 1 aliphatic carbocycles. The molecule has 4 rings (SSSR count). The van der Waals surface area contributed by atoms with Crippen LogP contribution in [0.3, 0.4) is 0 Å². The van der Waals surface area contributed by atoms with Gasteiger partial charge in [-0.3, -0.25) is 9.59 Å². The van der Waals surface area contributed by atoms with Gasteiger partial charge in [0.05, 0.1) is 17.8 Å². The SMILES string of the molecule is C=C1CC2OC(C3C4CC(OCC4C)C(C)(O)C23)C(C)(OC(=O)CCC)CCC1OC(C)=O. The smallest absolute Gasteiger partial charge is 0.306 e. The van der Waals surface area contributed by atoms with Crippen LogP contribution in [-0.4, -0.2) is 59.3 Å². The molecule has 1 saturated carbocycles. The molecule has 4 aliphatic rings. The van der Waals surface area contributed by atoms with Crippen LogP contribution in [0.15, 0.2) is 12.2 Å². The van der Waals surface area contributed by atoms with Gasteiger partial charge in [-0.1, -0.05) is 20.4 Å². The van der Waals surface area contributed by atoms with Crippen LogP contribution in [0, 0.1) is 23.7 Å². The van der Waals surface area contributed by atoms with E-state index in [0.29, 0.717) is 50.5 Å². The molecule has 186 valence electrons. The van der Waals surface area contributed by atoms with Gasteiger partial charge in [-0.05, 0) is 63.4 Å². The van der Waals surface area contributed by atoms with Crippen molar-refractivity contribution in [2.24, 2.45) is 23.7 Å². The number of carbonyl (C=O) groups excluding carboxylic acids is 2. The Morgan fingerprint density at radius 1 is 1.30 bits per heavy atom. The molecule has 3 aliphatic heterocycles. The minimum Gasteiger partial charge on any atom is -0.458 e. The highest BCUT2D eigenvalue weighted by Crippen LogP contribution is 2.59. The van der Waals surface area contributed by atoms with Gasteiger partial charge in [-0.25, -0.2) is 0 Å². The lowest BCUT2D eigenvalue weighted by Crippen LogP contribution is -2.63. The molecule has 0 radical (unpaired) electrons. The van der Waals surface area contributed by atoms with Gasteiger partial charge in [0.2, 0.25) is 0 Å². The summed E-state index contributed by atoms with van der Waals surface area (Å²) in [6.07, 6.45) is 1.91. The highest BCUT2D eigenvalue weighted by atomic mass is 16.6. The highest BCUT2D eigenvalue weighted by molar-refractivity contribution is 5.70. The molecule has 0 spiro atoms. The largest absolute Gasteiger partial charge is 0.458 e. The second kappa shape index (κ2) is 8.97. The van der Waals surface area contributed by atoms with Crippen molar-refractivity contribution < 1.29 is 33.6 Å². The van der Waals surface area contributed by atoms with Crippen LogP contribution >= 0.6 is 0 Å². The van der Waals surface area contributed by atoms with E-state index in [9.17, 15) is 14.7 Å². The zero-order valence-electron chi connectivity index (χ0n) is 20.7. The molecule has 4 fully saturated rings. The number of ether oxygens (including phenoxy) is 4. The first-order valence-corrected chi connectivity index (χ1v) is 12.5. The van der Waals surface area contributed by atoms with Crippen LogP contribution in [0.2, 0.25) is 0 Å². The summed E-state index contributed by atoms with van der Waals surface area (Å²) in [6.45, 7) is 14.2. The maximum absolute atomic E-state index is 12.7. The average molecular weight is 465 g/mol. The Morgan fingerprint density at radius 3 is 2.70 bits per heavy atom. The monoisotopic (exact) mass is 464 g/mol. The Hall–Kier alpha value is -1.44. The molecule has 0 aromatic rings. The van der Waals surface area contributed by atoms with Crippen LogP contribution in [0.4, 0.5) is 0 Å². The number of fused-ring (bicyclic) bond motifs is 8. The normalized spacial score (nSPS) is 47.0. The molecule has 33 heavy (non-hydrogen) atoms. The summed E-state index contributed by atoms with van der Waals surface area (Å²) in [7, 11) is 0. The zero-order valence-corrected chi connectivity index (χ0v) is 20.7.